The lowest BCUT2D eigenvalue weighted by molar-refractivity contribution is 0.0992. The molecule has 1 heterocycles. The van der Waals surface area contributed by atoms with Gasteiger partial charge in [-0.15, -0.1) is 0 Å². The zero-order valence-electron chi connectivity index (χ0n) is 10.2. The number of aromatic nitrogens is 1. The number of carbonyl (C=O) groups excluding carboxylic acids is 1. The molecule has 0 N–H and O–H groups in total. The van der Waals surface area contributed by atoms with Crippen LogP contribution >= 0.6 is 27.5 Å². The molecule has 0 saturated carbocycles. The van der Waals surface area contributed by atoms with Crippen LogP contribution in [0.4, 0.5) is 0 Å². The van der Waals surface area contributed by atoms with E-state index in [1.54, 1.807) is 19.4 Å². The van der Waals surface area contributed by atoms with Gasteiger partial charge in [-0.3, -0.25) is 9.78 Å². The number of methoxy groups -OCH3 is 1. The molecule has 2 rings (SSSR count). The van der Waals surface area contributed by atoms with Crippen molar-refractivity contribution in [1.82, 2.24) is 4.98 Å². The number of halogens is 2. The van der Waals surface area contributed by atoms with E-state index in [1.165, 1.54) is 6.20 Å². The summed E-state index contributed by atoms with van der Waals surface area (Å²) in [5.74, 6) is 0.616. The lowest BCUT2D eigenvalue weighted by atomic mass is 10.0. The van der Waals surface area contributed by atoms with Gasteiger partial charge in [-0.2, -0.15) is 0 Å². The first-order valence-corrected chi connectivity index (χ1v) is 6.74. The van der Waals surface area contributed by atoms with Crippen LogP contribution in [0.5, 0.6) is 5.75 Å². The van der Waals surface area contributed by atoms with Crippen LogP contribution in [-0.2, 0) is 6.42 Å². The smallest absolute Gasteiger partial charge is 0.168 e. The van der Waals surface area contributed by atoms with Gasteiger partial charge in [0, 0.05) is 34.4 Å². The summed E-state index contributed by atoms with van der Waals surface area (Å²) in [6.07, 6.45) is 3.25. The standard InChI is InChI=1S/C14H11BrClNO2/c1-19-14-3-2-10(15)6-9(14)7-13(18)11-4-5-17-8-12(11)16/h2-6,8H,7H2,1H3. The SMILES string of the molecule is COc1ccc(Br)cc1CC(=O)c1ccncc1Cl. The van der Waals surface area contributed by atoms with Gasteiger partial charge in [-0.05, 0) is 24.3 Å². The van der Waals surface area contributed by atoms with Gasteiger partial charge in [-0.1, -0.05) is 27.5 Å². The van der Waals surface area contributed by atoms with Gasteiger partial charge in [0.25, 0.3) is 0 Å². The molecule has 0 amide bonds. The summed E-state index contributed by atoms with van der Waals surface area (Å²) >= 11 is 9.35. The van der Waals surface area contributed by atoms with Crippen molar-refractivity contribution in [2.45, 2.75) is 6.42 Å². The second-order valence-electron chi connectivity index (χ2n) is 3.91. The first-order chi connectivity index (χ1) is 9.11. The average Bonchev–Trinajstić information content (AvgIpc) is 2.39. The zero-order chi connectivity index (χ0) is 13.8. The van der Waals surface area contributed by atoms with Gasteiger partial charge in [-0.25, -0.2) is 0 Å². The molecule has 0 atom stereocenters. The number of ketones is 1. The Labute approximate surface area is 124 Å². The fourth-order valence-electron chi connectivity index (χ4n) is 1.75. The van der Waals surface area contributed by atoms with Crippen molar-refractivity contribution in [2.75, 3.05) is 7.11 Å². The van der Waals surface area contributed by atoms with Crippen LogP contribution in [-0.4, -0.2) is 17.9 Å². The van der Waals surface area contributed by atoms with Gasteiger partial charge in [0.05, 0.1) is 12.1 Å². The number of nitrogens with zero attached hydrogens (tertiary/aromatic N) is 1. The number of hydrogen-bond acceptors (Lipinski definition) is 3. The molecule has 1 aromatic carbocycles. The van der Waals surface area contributed by atoms with E-state index < -0.39 is 0 Å². The van der Waals surface area contributed by atoms with Gasteiger partial charge in [0.1, 0.15) is 5.75 Å². The molecule has 1 aromatic heterocycles. The van der Waals surface area contributed by atoms with E-state index in [1.807, 2.05) is 18.2 Å². The van der Waals surface area contributed by atoms with Gasteiger partial charge in [0.15, 0.2) is 5.78 Å². The average molecular weight is 341 g/mol. The van der Waals surface area contributed by atoms with E-state index in [9.17, 15) is 4.79 Å². The highest BCUT2D eigenvalue weighted by atomic mass is 79.9. The Morgan fingerprint density at radius 2 is 2.21 bits per heavy atom. The van der Waals surface area contributed by atoms with Crippen LogP contribution in [0.2, 0.25) is 5.02 Å². The first kappa shape index (κ1) is 14.0. The molecule has 0 spiro atoms. The molecule has 2 aromatic rings. The van der Waals surface area contributed by atoms with E-state index >= 15 is 0 Å². The monoisotopic (exact) mass is 339 g/mol. The second-order valence-corrected chi connectivity index (χ2v) is 5.23. The second kappa shape index (κ2) is 6.17. The fourth-order valence-corrected chi connectivity index (χ4v) is 2.39. The topological polar surface area (TPSA) is 39.2 Å². The summed E-state index contributed by atoms with van der Waals surface area (Å²) in [5.41, 5.74) is 1.29. The molecule has 0 radical (unpaired) electrons. The lowest BCUT2D eigenvalue weighted by Crippen LogP contribution is -2.06. The fraction of sp³-hybridized carbons (Fsp3) is 0.143. The summed E-state index contributed by atoms with van der Waals surface area (Å²) in [6, 6.07) is 7.17. The first-order valence-electron chi connectivity index (χ1n) is 5.57. The maximum Gasteiger partial charge on any atom is 0.168 e. The number of hydrogen-bond donors (Lipinski definition) is 0. The Balaban J connectivity index is 2.29. The van der Waals surface area contributed by atoms with Crippen LogP contribution < -0.4 is 4.74 Å². The van der Waals surface area contributed by atoms with Crippen LogP contribution in [0.1, 0.15) is 15.9 Å². The number of Topliss-reactive ketones (excluding diaryl/α,β-unsaturated/α-hetero) is 1. The summed E-state index contributed by atoms with van der Waals surface area (Å²) in [4.78, 5) is 16.1. The van der Waals surface area contributed by atoms with Crippen molar-refractivity contribution in [3.05, 3.63) is 57.3 Å². The highest BCUT2D eigenvalue weighted by Gasteiger charge is 2.14. The summed E-state index contributed by atoms with van der Waals surface area (Å²) in [6.45, 7) is 0. The lowest BCUT2D eigenvalue weighted by Gasteiger charge is -2.09. The number of ether oxygens (including phenoxy) is 1. The third kappa shape index (κ3) is 3.33. The molecule has 0 unspecified atom stereocenters. The molecule has 0 fully saturated rings. The largest absolute Gasteiger partial charge is 0.496 e. The Kier molecular flexibility index (Phi) is 4.56. The predicted octanol–water partition coefficient (Wildman–Crippen LogP) is 3.93. The quantitative estimate of drug-likeness (QED) is 0.792. The normalized spacial score (nSPS) is 10.3. The number of benzene rings is 1. The van der Waals surface area contributed by atoms with Crippen molar-refractivity contribution in [2.24, 2.45) is 0 Å². The van der Waals surface area contributed by atoms with E-state index in [0.717, 1.165) is 10.0 Å². The highest BCUT2D eigenvalue weighted by Crippen LogP contribution is 2.25. The van der Waals surface area contributed by atoms with Crippen molar-refractivity contribution < 1.29 is 9.53 Å². The Hall–Kier alpha value is -1.39. The number of rotatable bonds is 4. The van der Waals surface area contributed by atoms with Crippen molar-refractivity contribution in [3.63, 3.8) is 0 Å². The Morgan fingerprint density at radius 3 is 2.89 bits per heavy atom. The third-order valence-electron chi connectivity index (χ3n) is 2.67. The molecule has 0 aliphatic heterocycles. The highest BCUT2D eigenvalue weighted by molar-refractivity contribution is 9.10. The zero-order valence-corrected chi connectivity index (χ0v) is 12.5. The minimum atomic E-state index is -0.0659. The Morgan fingerprint density at radius 1 is 1.42 bits per heavy atom. The number of pyridine rings is 1. The minimum absolute atomic E-state index is 0.0659. The van der Waals surface area contributed by atoms with Crippen LogP contribution in [0.3, 0.4) is 0 Å². The molecule has 0 aliphatic carbocycles. The maximum atomic E-state index is 12.2. The van der Waals surface area contributed by atoms with E-state index in [2.05, 4.69) is 20.9 Å². The van der Waals surface area contributed by atoms with Crippen LogP contribution in [0.15, 0.2) is 41.1 Å². The van der Waals surface area contributed by atoms with Gasteiger partial charge < -0.3 is 4.74 Å². The van der Waals surface area contributed by atoms with E-state index in [0.29, 0.717) is 16.3 Å². The molecule has 19 heavy (non-hydrogen) atoms. The molecular weight excluding hydrogens is 330 g/mol. The molecule has 98 valence electrons. The van der Waals surface area contributed by atoms with Crippen molar-refractivity contribution in [3.8, 4) is 5.75 Å². The Bertz CT molecular complexity index is 616. The van der Waals surface area contributed by atoms with E-state index in [4.69, 9.17) is 16.3 Å². The molecule has 0 saturated heterocycles. The summed E-state index contributed by atoms with van der Waals surface area (Å²) in [7, 11) is 1.58. The minimum Gasteiger partial charge on any atom is -0.496 e. The number of carbonyl (C=O) groups is 1. The van der Waals surface area contributed by atoms with Crippen molar-refractivity contribution in [1.29, 1.82) is 0 Å². The molecule has 3 nitrogen and oxygen atoms in total. The summed E-state index contributed by atoms with van der Waals surface area (Å²) < 4.78 is 6.15. The van der Waals surface area contributed by atoms with Crippen LogP contribution in [0, 0.1) is 0 Å². The maximum absolute atomic E-state index is 12.2. The van der Waals surface area contributed by atoms with Crippen LogP contribution in [0.25, 0.3) is 0 Å². The molecule has 0 aliphatic rings. The van der Waals surface area contributed by atoms with Crippen molar-refractivity contribution >= 4 is 33.3 Å². The third-order valence-corrected chi connectivity index (χ3v) is 3.46. The predicted molar refractivity (Wildman–Crippen MR) is 78.0 cm³/mol. The summed E-state index contributed by atoms with van der Waals surface area (Å²) in [5, 5.41) is 0.362. The molecule has 0 bridgehead atoms. The molecule has 5 heteroatoms. The molecular formula is C14H11BrClNO2. The van der Waals surface area contributed by atoms with Gasteiger partial charge in [0.2, 0.25) is 0 Å². The van der Waals surface area contributed by atoms with E-state index in [-0.39, 0.29) is 12.2 Å². The van der Waals surface area contributed by atoms with Gasteiger partial charge >= 0.3 is 0 Å².